The number of rotatable bonds is 28. The van der Waals surface area contributed by atoms with Crippen LogP contribution in [-0.2, 0) is 4.74 Å². The first-order chi connectivity index (χ1) is 15.4. The lowest BCUT2D eigenvalue weighted by molar-refractivity contribution is 0.190. The van der Waals surface area contributed by atoms with E-state index < -0.39 is 0 Å². The molecule has 0 aromatic carbocycles. The maximum atomic E-state index is 5.41. The van der Waals surface area contributed by atoms with E-state index in [9.17, 15) is 0 Å². The predicted molar refractivity (Wildman–Crippen MR) is 142 cm³/mol. The number of hydrogen-bond donors (Lipinski definition) is 0. The number of unbranched alkanes of at least 4 members (excludes halogenated alkanes) is 24. The van der Waals surface area contributed by atoms with E-state index >= 15 is 0 Å². The molecule has 0 N–H and O–H groups in total. The summed E-state index contributed by atoms with van der Waals surface area (Å²) >= 11 is 0. The Labute approximate surface area is 198 Å². The first-order valence-electron chi connectivity index (χ1n) is 14.8. The second kappa shape index (κ2) is 30.0. The minimum atomic E-state index is 0.888. The largest absolute Gasteiger partial charge is 0.376 e. The molecule has 1 nitrogen and oxygen atoms in total. The van der Waals surface area contributed by atoms with Gasteiger partial charge in [0.2, 0.25) is 0 Å². The van der Waals surface area contributed by atoms with Crippen LogP contribution in [0.25, 0.3) is 0 Å². The summed E-state index contributed by atoms with van der Waals surface area (Å²) in [5, 5.41) is 0. The van der Waals surface area contributed by atoms with Gasteiger partial charge in [0.25, 0.3) is 0 Å². The summed E-state index contributed by atoms with van der Waals surface area (Å²) in [6.07, 6.45) is 37.2. The van der Waals surface area contributed by atoms with Gasteiger partial charge in [-0.3, -0.25) is 0 Å². The molecule has 0 aromatic rings. The van der Waals surface area contributed by atoms with E-state index in [2.05, 4.69) is 13.8 Å². The molecular weight excluding hydrogens is 376 g/mol. The standard InChI is InChI=1S/C30H61O/c1-3-5-6-7-8-9-10-11-12-13-14-15-16-17-18-19-20-21-22-23-24-25-26-27-28-30-31-29-4-2/h30H,3-29H2,1-2H3. The van der Waals surface area contributed by atoms with Gasteiger partial charge < -0.3 is 4.74 Å². The van der Waals surface area contributed by atoms with Crippen molar-refractivity contribution in [2.75, 3.05) is 6.61 Å². The van der Waals surface area contributed by atoms with Gasteiger partial charge in [-0.2, -0.15) is 0 Å². The van der Waals surface area contributed by atoms with Crippen molar-refractivity contribution in [2.24, 2.45) is 0 Å². The molecule has 187 valence electrons. The molecule has 0 bridgehead atoms. The zero-order valence-corrected chi connectivity index (χ0v) is 22.1. The van der Waals surface area contributed by atoms with Gasteiger partial charge in [-0.1, -0.05) is 168 Å². The van der Waals surface area contributed by atoms with Gasteiger partial charge in [0.1, 0.15) is 0 Å². The molecule has 0 rings (SSSR count). The fourth-order valence-electron chi connectivity index (χ4n) is 4.47. The lowest BCUT2D eigenvalue weighted by Gasteiger charge is -2.04. The summed E-state index contributed by atoms with van der Waals surface area (Å²) in [6, 6.07) is 0. The molecule has 0 saturated carbocycles. The van der Waals surface area contributed by atoms with Crippen LogP contribution >= 0.6 is 0 Å². The zero-order chi connectivity index (χ0) is 22.5. The smallest absolute Gasteiger partial charge is 0.0836 e. The van der Waals surface area contributed by atoms with Gasteiger partial charge in [0, 0.05) is 6.61 Å². The van der Waals surface area contributed by atoms with Crippen molar-refractivity contribution in [1.29, 1.82) is 0 Å². The molecule has 0 aromatic heterocycles. The molecule has 31 heavy (non-hydrogen) atoms. The Morgan fingerprint density at radius 3 is 0.935 bits per heavy atom. The van der Waals surface area contributed by atoms with Gasteiger partial charge in [-0.05, 0) is 12.8 Å². The fraction of sp³-hybridized carbons (Fsp3) is 0.967. The molecule has 0 amide bonds. The minimum absolute atomic E-state index is 0.888. The average Bonchev–Trinajstić information content (AvgIpc) is 2.78. The van der Waals surface area contributed by atoms with Crippen LogP contribution in [0.3, 0.4) is 0 Å². The van der Waals surface area contributed by atoms with Crippen LogP contribution in [0.1, 0.15) is 181 Å². The van der Waals surface area contributed by atoms with Crippen molar-refractivity contribution in [3.05, 3.63) is 6.61 Å². The summed E-state index contributed by atoms with van der Waals surface area (Å²) in [7, 11) is 0. The second-order valence-corrected chi connectivity index (χ2v) is 9.96. The van der Waals surface area contributed by atoms with Crippen LogP contribution in [0.2, 0.25) is 0 Å². The van der Waals surface area contributed by atoms with Gasteiger partial charge in [-0.15, -0.1) is 0 Å². The molecule has 1 radical (unpaired) electrons. The van der Waals surface area contributed by atoms with Crippen molar-refractivity contribution in [1.82, 2.24) is 0 Å². The van der Waals surface area contributed by atoms with Gasteiger partial charge >= 0.3 is 0 Å². The van der Waals surface area contributed by atoms with Gasteiger partial charge in [0.15, 0.2) is 0 Å². The van der Waals surface area contributed by atoms with Crippen LogP contribution in [0.15, 0.2) is 0 Å². The van der Waals surface area contributed by atoms with Crippen LogP contribution in [0.4, 0.5) is 0 Å². The normalized spacial score (nSPS) is 11.4. The lowest BCUT2D eigenvalue weighted by atomic mass is 10.0. The Balaban J connectivity index is 2.98. The monoisotopic (exact) mass is 437 g/mol. The average molecular weight is 438 g/mol. The number of ether oxygens (including phenoxy) is 1. The topological polar surface area (TPSA) is 9.23 Å². The van der Waals surface area contributed by atoms with Crippen molar-refractivity contribution >= 4 is 0 Å². The summed E-state index contributed by atoms with van der Waals surface area (Å²) in [5.41, 5.74) is 0. The Bertz CT molecular complexity index is 260. The highest BCUT2D eigenvalue weighted by Gasteiger charge is 1.96. The molecule has 0 atom stereocenters. The van der Waals surface area contributed by atoms with Gasteiger partial charge in [-0.25, -0.2) is 0 Å². The van der Waals surface area contributed by atoms with Crippen LogP contribution in [-0.4, -0.2) is 6.61 Å². The molecule has 0 aliphatic rings. The Morgan fingerprint density at radius 1 is 0.355 bits per heavy atom. The van der Waals surface area contributed by atoms with Crippen molar-refractivity contribution in [3.8, 4) is 0 Å². The highest BCUT2D eigenvalue weighted by molar-refractivity contribution is 4.54. The molecule has 0 fully saturated rings. The predicted octanol–water partition coefficient (Wildman–Crippen LogP) is 11.3. The third-order valence-corrected chi connectivity index (χ3v) is 6.62. The molecule has 0 aliphatic heterocycles. The quantitative estimate of drug-likeness (QED) is 0.111. The van der Waals surface area contributed by atoms with E-state index in [1.54, 1.807) is 0 Å². The minimum Gasteiger partial charge on any atom is -0.376 e. The Kier molecular flexibility index (Phi) is 29.9. The molecule has 0 unspecified atom stereocenters. The Hall–Kier alpha value is -0.0400. The van der Waals surface area contributed by atoms with E-state index in [-0.39, 0.29) is 0 Å². The third kappa shape index (κ3) is 30.0. The molecule has 0 heterocycles. The van der Waals surface area contributed by atoms with Crippen LogP contribution < -0.4 is 0 Å². The third-order valence-electron chi connectivity index (χ3n) is 6.62. The van der Waals surface area contributed by atoms with Crippen molar-refractivity contribution < 1.29 is 4.74 Å². The maximum Gasteiger partial charge on any atom is 0.0836 e. The van der Waals surface area contributed by atoms with Crippen LogP contribution in [0, 0.1) is 6.61 Å². The van der Waals surface area contributed by atoms with Crippen LogP contribution in [0.5, 0.6) is 0 Å². The first kappa shape index (κ1) is 31.0. The SMILES string of the molecule is CCCCCCCCCCCCCCCCCCCCCCCCCC[CH]OCCC. The highest BCUT2D eigenvalue weighted by atomic mass is 16.5. The van der Waals surface area contributed by atoms with E-state index in [1.165, 1.54) is 154 Å². The number of hydrogen-bond acceptors (Lipinski definition) is 1. The molecule has 0 spiro atoms. The van der Waals surface area contributed by atoms with Gasteiger partial charge in [0.05, 0.1) is 6.61 Å². The van der Waals surface area contributed by atoms with Crippen molar-refractivity contribution in [2.45, 2.75) is 181 Å². The summed E-state index contributed by atoms with van der Waals surface area (Å²) in [6.45, 7) is 7.37. The summed E-state index contributed by atoms with van der Waals surface area (Å²) in [5.74, 6) is 0. The van der Waals surface area contributed by atoms with E-state index in [4.69, 9.17) is 4.74 Å². The molecule has 0 saturated heterocycles. The maximum absolute atomic E-state index is 5.41. The first-order valence-corrected chi connectivity index (χ1v) is 14.8. The van der Waals surface area contributed by atoms with E-state index in [0.717, 1.165) is 19.4 Å². The molecule has 1 heteroatoms. The van der Waals surface area contributed by atoms with E-state index in [1.807, 2.05) is 6.61 Å². The van der Waals surface area contributed by atoms with Crippen molar-refractivity contribution in [3.63, 3.8) is 0 Å². The summed E-state index contributed by atoms with van der Waals surface area (Å²) in [4.78, 5) is 0. The molecular formula is C30H61O. The Morgan fingerprint density at radius 2 is 0.645 bits per heavy atom. The summed E-state index contributed by atoms with van der Waals surface area (Å²) < 4.78 is 5.41. The zero-order valence-electron chi connectivity index (χ0n) is 22.1. The van der Waals surface area contributed by atoms with E-state index in [0.29, 0.717) is 0 Å². The highest BCUT2D eigenvalue weighted by Crippen LogP contribution is 2.15. The lowest BCUT2D eigenvalue weighted by Crippen LogP contribution is -1.89. The fourth-order valence-corrected chi connectivity index (χ4v) is 4.47. The second-order valence-electron chi connectivity index (χ2n) is 9.96. The molecule has 0 aliphatic carbocycles.